The molecule has 21 heavy (non-hydrogen) atoms. The first kappa shape index (κ1) is 16.9. The topological polar surface area (TPSA) is 99.1 Å². The van der Waals surface area contributed by atoms with Gasteiger partial charge in [-0.1, -0.05) is 30.3 Å². The van der Waals surface area contributed by atoms with Crippen molar-refractivity contribution in [1.82, 2.24) is 10.2 Å². The van der Waals surface area contributed by atoms with E-state index in [0.717, 1.165) is 0 Å². The van der Waals surface area contributed by atoms with Gasteiger partial charge in [0.1, 0.15) is 0 Å². The number of carbonyl (C=O) groups is 2. The van der Waals surface area contributed by atoms with Crippen LogP contribution in [0.15, 0.2) is 30.3 Å². The van der Waals surface area contributed by atoms with E-state index in [2.05, 4.69) is 5.32 Å². The highest BCUT2D eigenvalue weighted by molar-refractivity contribution is 5.83. The fraction of sp³-hybridized carbons (Fsp3) is 0.429. The molecule has 1 aromatic carbocycles. The molecule has 1 rings (SSSR count). The lowest BCUT2D eigenvalue weighted by atomic mass is 10.1. The van der Waals surface area contributed by atoms with E-state index >= 15 is 0 Å². The summed E-state index contributed by atoms with van der Waals surface area (Å²) in [4.78, 5) is 24.5. The number of aliphatic carboxylic acids is 1. The number of carbonyl (C=O) groups excluding carboxylic acids is 1. The number of likely N-dealkylation sites (N-methyl/N-ethyl adjacent to an activating group) is 1. The average molecular weight is 296 g/mol. The van der Waals surface area contributed by atoms with Gasteiger partial charge in [0.15, 0.2) is 6.04 Å². The number of nitrogens with zero attached hydrogens (tertiary/aromatic N) is 1. The highest BCUT2D eigenvalue weighted by Gasteiger charge is 2.24. The Morgan fingerprint density at radius 3 is 2.48 bits per heavy atom. The second-order valence-corrected chi connectivity index (χ2v) is 4.62. The fourth-order valence-corrected chi connectivity index (χ4v) is 1.81. The van der Waals surface area contributed by atoms with Crippen molar-refractivity contribution in [2.45, 2.75) is 12.1 Å². The zero-order valence-corrected chi connectivity index (χ0v) is 12.0. The Morgan fingerprint density at radius 1 is 1.33 bits per heavy atom. The smallest absolute Gasteiger partial charge is 0.330 e. The van der Waals surface area contributed by atoms with Crippen LogP contribution in [-0.2, 0) is 9.53 Å². The summed E-state index contributed by atoms with van der Waals surface area (Å²) < 4.78 is 4.77. The van der Waals surface area contributed by atoms with Gasteiger partial charge in [0.2, 0.25) is 0 Å². The van der Waals surface area contributed by atoms with E-state index < -0.39 is 24.1 Å². The van der Waals surface area contributed by atoms with Crippen molar-refractivity contribution >= 4 is 12.0 Å². The van der Waals surface area contributed by atoms with E-state index in [-0.39, 0.29) is 13.2 Å². The number of urea groups is 1. The maximum atomic E-state index is 12.0. The van der Waals surface area contributed by atoms with E-state index in [0.29, 0.717) is 5.56 Å². The number of hydrogen-bond acceptors (Lipinski definition) is 4. The van der Waals surface area contributed by atoms with E-state index in [1.165, 1.54) is 19.1 Å². The van der Waals surface area contributed by atoms with Gasteiger partial charge in [0.25, 0.3) is 0 Å². The quantitative estimate of drug-likeness (QED) is 0.679. The molecule has 0 aliphatic rings. The van der Waals surface area contributed by atoms with Gasteiger partial charge in [-0.3, -0.25) is 0 Å². The second-order valence-electron chi connectivity index (χ2n) is 4.62. The lowest BCUT2D eigenvalue weighted by Crippen LogP contribution is -2.45. The summed E-state index contributed by atoms with van der Waals surface area (Å²) in [5.74, 6) is -1.15. The summed E-state index contributed by atoms with van der Waals surface area (Å²) in [6.45, 7) is 0.138. The first-order valence-electron chi connectivity index (χ1n) is 6.42. The number of ether oxygens (including phenoxy) is 1. The van der Waals surface area contributed by atoms with Crippen LogP contribution in [0.4, 0.5) is 4.79 Å². The maximum Gasteiger partial charge on any atom is 0.330 e. The first-order chi connectivity index (χ1) is 9.95. The minimum absolute atomic E-state index is 0.0425. The first-order valence-corrected chi connectivity index (χ1v) is 6.42. The summed E-state index contributed by atoms with van der Waals surface area (Å²) in [5, 5.41) is 21.2. The van der Waals surface area contributed by atoms with Gasteiger partial charge in [0, 0.05) is 14.2 Å². The molecule has 7 nitrogen and oxygen atoms in total. The highest BCUT2D eigenvalue weighted by atomic mass is 16.5. The molecular formula is C14H20N2O5. The zero-order chi connectivity index (χ0) is 15.8. The van der Waals surface area contributed by atoms with Crippen LogP contribution < -0.4 is 5.32 Å². The zero-order valence-electron chi connectivity index (χ0n) is 12.0. The van der Waals surface area contributed by atoms with E-state index in [1.54, 1.807) is 30.3 Å². The summed E-state index contributed by atoms with van der Waals surface area (Å²) in [7, 11) is 2.91. The molecule has 0 aromatic heterocycles. The van der Waals surface area contributed by atoms with Crippen LogP contribution in [0.3, 0.4) is 0 Å². The third kappa shape index (κ3) is 5.41. The molecule has 2 amide bonds. The van der Waals surface area contributed by atoms with Crippen LogP contribution in [0.1, 0.15) is 11.6 Å². The fourth-order valence-electron chi connectivity index (χ4n) is 1.81. The van der Waals surface area contributed by atoms with Crippen LogP contribution in [0, 0.1) is 0 Å². The normalized spacial score (nSPS) is 13.3. The van der Waals surface area contributed by atoms with Crippen molar-refractivity contribution in [3.8, 4) is 0 Å². The molecule has 0 heterocycles. The van der Waals surface area contributed by atoms with Gasteiger partial charge in [-0.25, -0.2) is 9.59 Å². The SMILES string of the molecule is COCC(O)CN(C)C(=O)N[C@@H](C(=O)O)c1ccccc1. The minimum atomic E-state index is -1.15. The molecule has 3 N–H and O–H groups in total. The Labute approximate surface area is 123 Å². The van der Waals surface area contributed by atoms with Gasteiger partial charge in [-0.2, -0.15) is 0 Å². The standard InChI is InChI=1S/C14H20N2O5/c1-16(8-11(17)9-21-2)14(20)15-12(13(18)19)10-6-4-3-5-7-10/h3-7,11-12,17H,8-9H2,1-2H3,(H,15,20)(H,18,19)/t11?,12-/m1/s1. The van der Waals surface area contributed by atoms with E-state index in [9.17, 15) is 19.8 Å². The summed E-state index contributed by atoms with van der Waals surface area (Å²) in [6, 6.07) is 6.68. The molecule has 0 aliphatic carbocycles. The van der Waals surface area contributed by atoms with E-state index in [1.807, 2.05) is 0 Å². The van der Waals surface area contributed by atoms with Gasteiger partial charge >= 0.3 is 12.0 Å². The predicted molar refractivity (Wildman–Crippen MR) is 75.9 cm³/mol. The number of benzene rings is 1. The van der Waals surface area contributed by atoms with Crippen LogP contribution in [0.2, 0.25) is 0 Å². The number of carboxylic acid groups (broad SMARTS) is 1. The maximum absolute atomic E-state index is 12.0. The molecule has 0 aliphatic heterocycles. The number of rotatable bonds is 7. The van der Waals surface area contributed by atoms with Gasteiger partial charge in [0.05, 0.1) is 19.3 Å². The van der Waals surface area contributed by atoms with Crippen LogP contribution >= 0.6 is 0 Å². The third-order valence-electron chi connectivity index (χ3n) is 2.84. The number of carboxylic acids is 1. The molecule has 2 atom stereocenters. The molecule has 0 saturated heterocycles. The Bertz CT molecular complexity index is 466. The summed E-state index contributed by atoms with van der Waals surface area (Å²) in [5.41, 5.74) is 0.476. The van der Waals surface area contributed by atoms with Crippen molar-refractivity contribution in [1.29, 1.82) is 0 Å². The van der Waals surface area contributed by atoms with Crippen LogP contribution in [0.5, 0.6) is 0 Å². The molecule has 0 saturated carbocycles. The predicted octanol–water partition coefficient (Wildman–Crippen LogP) is 0.461. The summed E-state index contributed by atoms with van der Waals surface area (Å²) >= 11 is 0. The third-order valence-corrected chi connectivity index (χ3v) is 2.84. The lowest BCUT2D eigenvalue weighted by molar-refractivity contribution is -0.139. The number of nitrogens with one attached hydrogen (secondary N) is 1. The van der Waals surface area contributed by atoms with Crippen molar-refractivity contribution in [3.05, 3.63) is 35.9 Å². The van der Waals surface area contributed by atoms with Gasteiger partial charge < -0.3 is 25.2 Å². The van der Waals surface area contributed by atoms with Gasteiger partial charge in [-0.05, 0) is 5.56 Å². The molecule has 0 fully saturated rings. The Balaban J connectivity index is 2.67. The van der Waals surface area contributed by atoms with Crippen molar-refractivity contribution in [2.24, 2.45) is 0 Å². The lowest BCUT2D eigenvalue weighted by Gasteiger charge is -2.23. The number of methoxy groups -OCH3 is 1. The highest BCUT2D eigenvalue weighted by Crippen LogP contribution is 2.13. The molecule has 1 unspecified atom stereocenters. The molecule has 0 radical (unpaired) electrons. The Morgan fingerprint density at radius 2 is 1.95 bits per heavy atom. The largest absolute Gasteiger partial charge is 0.479 e. The van der Waals surface area contributed by atoms with Crippen molar-refractivity contribution < 1.29 is 24.5 Å². The van der Waals surface area contributed by atoms with Crippen molar-refractivity contribution in [2.75, 3.05) is 27.3 Å². The molecule has 0 bridgehead atoms. The van der Waals surface area contributed by atoms with Gasteiger partial charge in [-0.15, -0.1) is 0 Å². The molecular weight excluding hydrogens is 276 g/mol. The monoisotopic (exact) mass is 296 g/mol. The second kappa shape index (κ2) is 8.23. The number of hydrogen-bond donors (Lipinski definition) is 3. The Hall–Kier alpha value is -2.12. The molecule has 0 spiro atoms. The number of amides is 2. The van der Waals surface area contributed by atoms with Crippen LogP contribution in [0.25, 0.3) is 0 Å². The average Bonchev–Trinajstić information content (AvgIpc) is 2.45. The van der Waals surface area contributed by atoms with Crippen molar-refractivity contribution in [3.63, 3.8) is 0 Å². The molecule has 7 heteroatoms. The van der Waals surface area contributed by atoms with E-state index in [4.69, 9.17) is 4.74 Å². The van der Waals surface area contributed by atoms with Crippen LogP contribution in [-0.4, -0.2) is 60.5 Å². The number of aliphatic hydroxyl groups is 1. The number of aliphatic hydroxyl groups excluding tert-OH is 1. The Kier molecular flexibility index (Phi) is 6.64. The summed E-state index contributed by atoms with van der Waals surface area (Å²) in [6.07, 6.45) is -0.828. The molecule has 116 valence electrons. The minimum Gasteiger partial charge on any atom is -0.479 e. The molecule has 1 aromatic rings.